The van der Waals surface area contributed by atoms with Gasteiger partial charge >= 0.3 is 0 Å². The van der Waals surface area contributed by atoms with E-state index in [9.17, 15) is 0 Å². The number of imidazole rings is 1. The van der Waals surface area contributed by atoms with E-state index >= 15 is 0 Å². The lowest BCUT2D eigenvalue weighted by molar-refractivity contribution is 0.411. The SMILES string of the molecule is CNCCc1ncc(C2CCN(C)C2)[nH]1. The Morgan fingerprint density at radius 2 is 2.53 bits per heavy atom. The number of aromatic amines is 1. The fourth-order valence-electron chi connectivity index (χ4n) is 2.15. The molecule has 0 aromatic carbocycles. The fraction of sp³-hybridized carbons (Fsp3) is 0.727. The summed E-state index contributed by atoms with van der Waals surface area (Å²) in [6.45, 7) is 3.35. The summed E-state index contributed by atoms with van der Waals surface area (Å²) in [5.41, 5.74) is 1.31. The van der Waals surface area contributed by atoms with Gasteiger partial charge in [0.25, 0.3) is 0 Å². The van der Waals surface area contributed by atoms with Crippen LogP contribution < -0.4 is 5.32 Å². The smallest absolute Gasteiger partial charge is 0.107 e. The summed E-state index contributed by atoms with van der Waals surface area (Å²) in [6.07, 6.45) is 4.25. The van der Waals surface area contributed by atoms with Gasteiger partial charge in [-0.05, 0) is 27.1 Å². The van der Waals surface area contributed by atoms with E-state index in [2.05, 4.69) is 27.2 Å². The van der Waals surface area contributed by atoms with Gasteiger partial charge in [0, 0.05) is 37.3 Å². The molecule has 1 fully saturated rings. The first-order chi connectivity index (χ1) is 7.29. The number of hydrogen-bond donors (Lipinski definition) is 2. The Hall–Kier alpha value is -0.870. The van der Waals surface area contributed by atoms with Gasteiger partial charge in [-0.2, -0.15) is 0 Å². The lowest BCUT2D eigenvalue weighted by Gasteiger charge is -2.07. The van der Waals surface area contributed by atoms with E-state index in [1.165, 1.54) is 18.7 Å². The molecule has 2 rings (SSSR count). The molecule has 4 heteroatoms. The number of aromatic nitrogens is 2. The van der Waals surface area contributed by atoms with Crippen molar-refractivity contribution in [2.75, 3.05) is 33.7 Å². The Bertz CT molecular complexity index is 307. The summed E-state index contributed by atoms with van der Waals surface area (Å²) < 4.78 is 0. The Balaban J connectivity index is 1.94. The molecule has 0 aliphatic carbocycles. The van der Waals surface area contributed by atoms with Crippen molar-refractivity contribution in [2.24, 2.45) is 0 Å². The monoisotopic (exact) mass is 208 g/mol. The first kappa shape index (κ1) is 10.6. The summed E-state index contributed by atoms with van der Waals surface area (Å²) in [5.74, 6) is 1.76. The maximum absolute atomic E-state index is 4.41. The molecule has 4 nitrogen and oxygen atoms in total. The zero-order valence-electron chi connectivity index (χ0n) is 9.58. The Labute approximate surface area is 91.1 Å². The van der Waals surface area contributed by atoms with Crippen LogP contribution in [0, 0.1) is 0 Å². The van der Waals surface area contributed by atoms with E-state index in [-0.39, 0.29) is 0 Å². The molecular formula is C11H20N4. The Kier molecular flexibility index (Phi) is 3.38. The van der Waals surface area contributed by atoms with Crippen LogP contribution in [0.4, 0.5) is 0 Å². The molecule has 1 aromatic heterocycles. The van der Waals surface area contributed by atoms with Gasteiger partial charge in [0.2, 0.25) is 0 Å². The third-order valence-electron chi connectivity index (χ3n) is 3.09. The normalized spacial score (nSPS) is 22.4. The van der Waals surface area contributed by atoms with Crippen LogP contribution in [0.3, 0.4) is 0 Å². The predicted molar refractivity (Wildman–Crippen MR) is 61.1 cm³/mol. The molecule has 0 amide bonds. The van der Waals surface area contributed by atoms with Gasteiger partial charge in [-0.15, -0.1) is 0 Å². The number of H-pyrrole nitrogens is 1. The average molecular weight is 208 g/mol. The maximum atomic E-state index is 4.41. The lowest BCUT2D eigenvalue weighted by Crippen LogP contribution is -2.13. The highest BCUT2D eigenvalue weighted by Crippen LogP contribution is 2.24. The fourth-order valence-corrected chi connectivity index (χ4v) is 2.15. The molecule has 1 atom stereocenters. The molecule has 2 N–H and O–H groups in total. The second kappa shape index (κ2) is 4.77. The first-order valence-corrected chi connectivity index (χ1v) is 5.66. The number of likely N-dealkylation sites (tertiary alicyclic amines) is 1. The van der Waals surface area contributed by atoms with Crippen molar-refractivity contribution in [3.05, 3.63) is 17.7 Å². The highest BCUT2D eigenvalue weighted by molar-refractivity contribution is 5.10. The van der Waals surface area contributed by atoms with E-state index in [1.54, 1.807) is 0 Å². The van der Waals surface area contributed by atoms with Crippen LogP contribution >= 0.6 is 0 Å². The van der Waals surface area contributed by atoms with Crippen molar-refractivity contribution in [1.29, 1.82) is 0 Å². The molecule has 1 aromatic rings. The van der Waals surface area contributed by atoms with Gasteiger partial charge < -0.3 is 15.2 Å². The number of hydrogen-bond acceptors (Lipinski definition) is 3. The van der Waals surface area contributed by atoms with Crippen LogP contribution in [0.1, 0.15) is 23.9 Å². The molecule has 1 saturated heterocycles. The van der Waals surface area contributed by atoms with Crippen molar-refractivity contribution in [2.45, 2.75) is 18.8 Å². The minimum Gasteiger partial charge on any atom is -0.346 e. The second-order valence-corrected chi connectivity index (χ2v) is 4.39. The van der Waals surface area contributed by atoms with Crippen molar-refractivity contribution < 1.29 is 0 Å². The molecule has 0 radical (unpaired) electrons. The van der Waals surface area contributed by atoms with Crippen LogP contribution in [0.5, 0.6) is 0 Å². The van der Waals surface area contributed by atoms with E-state index in [4.69, 9.17) is 0 Å². The molecule has 15 heavy (non-hydrogen) atoms. The van der Waals surface area contributed by atoms with Crippen LogP contribution in [-0.2, 0) is 6.42 Å². The summed E-state index contributed by atoms with van der Waals surface area (Å²) in [6, 6.07) is 0. The standard InChI is InChI=1S/C11H20N4/c1-12-5-3-11-13-7-10(14-11)9-4-6-15(2)8-9/h7,9,12H,3-6,8H2,1-2H3,(H,13,14). The number of nitrogens with zero attached hydrogens (tertiary/aromatic N) is 2. The van der Waals surface area contributed by atoms with Gasteiger partial charge in [-0.1, -0.05) is 0 Å². The van der Waals surface area contributed by atoms with Crippen molar-refractivity contribution in [3.8, 4) is 0 Å². The number of nitrogens with one attached hydrogen (secondary N) is 2. The summed E-state index contributed by atoms with van der Waals surface area (Å²) in [5, 5.41) is 3.13. The first-order valence-electron chi connectivity index (χ1n) is 5.66. The lowest BCUT2D eigenvalue weighted by atomic mass is 10.1. The van der Waals surface area contributed by atoms with Crippen LogP contribution in [0.2, 0.25) is 0 Å². The zero-order valence-corrected chi connectivity index (χ0v) is 9.58. The van der Waals surface area contributed by atoms with Crippen molar-refractivity contribution in [3.63, 3.8) is 0 Å². The molecule has 2 heterocycles. The third-order valence-corrected chi connectivity index (χ3v) is 3.09. The second-order valence-electron chi connectivity index (χ2n) is 4.39. The molecule has 0 saturated carbocycles. The van der Waals surface area contributed by atoms with Gasteiger partial charge in [0.15, 0.2) is 0 Å². The van der Waals surface area contributed by atoms with Gasteiger partial charge in [-0.3, -0.25) is 0 Å². The molecule has 1 aliphatic rings. The largest absolute Gasteiger partial charge is 0.346 e. The molecular weight excluding hydrogens is 188 g/mol. The van der Waals surface area contributed by atoms with Gasteiger partial charge in [-0.25, -0.2) is 4.98 Å². The maximum Gasteiger partial charge on any atom is 0.107 e. The highest BCUT2D eigenvalue weighted by atomic mass is 15.1. The minimum atomic E-state index is 0.658. The number of rotatable bonds is 4. The van der Waals surface area contributed by atoms with E-state index < -0.39 is 0 Å². The van der Waals surface area contributed by atoms with Crippen molar-refractivity contribution in [1.82, 2.24) is 20.2 Å². The van der Waals surface area contributed by atoms with Gasteiger partial charge in [0.05, 0.1) is 0 Å². The molecule has 0 bridgehead atoms. The third kappa shape index (κ3) is 2.58. The minimum absolute atomic E-state index is 0.658. The number of likely N-dealkylation sites (N-methyl/N-ethyl adjacent to an activating group) is 2. The summed E-state index contributed by atoms with van der Waals surface area (Å²) in [4.78, 5) is 10.2. The van der Waals surface area contributed by atoms with Crippen molar-refractivity contribution >= 4 is 0 Å². The predicted octanol–water partition coefficient (Wildman–Crippen LogP) is 0.591. The molecule has 1 aliphatic heterocycles. The topological polar surface area (TPSA) is 44.0 Å². The van der Waals surface area contributed by atoms with E-state index in [1.807, 2.05) is 13.2 Å². The quantitative estimate of drug-likeness (QED) is 0.761. The molecule has 1 unspecified atom stereocenters. The highest BCUT2D eigenvalue weighted by Gasteiger charge is 2.22. The van der Waals surface area contributed by atoms with E-state index in [0.717, 1.165) is 25.3 Å². The summed E-state index contributed by atoms with van der Waals surface area (Å²) >= 11 is 0. The molecule has 84 valence electrons. The van der Waals surface area contributed by atoms with Crippen LogP contribution in [0.15, 0.2) is 6.20 Å². The molecule has 0 spiro atoms. The Morgan fingerprint density at radius 3 is 3.20 bits per heavy atom. The van der Waals surface area contributed by atoms with Gasteiger partial charge in [0.1, 0.15) is 5.82 Å². The average Bonchev–Trinajstić information content (AvgIpc) is 2.83. The summed E-state index contributed by atoms with van der Waals surface area (Å²) in [7, 11) is 4.15. The van der Waals surface area contributed by atoms with E-state index in [0.29, 0.717) is 5.92 Å². The Morgan fingerprint density at radius 1 is 1.67 bits per heavy atom. The van der Waals surface area contributed by atoms with Crippen LogP contribution in [-0.4, -0.2) is 48.6 Å². The van der Waals surface area contributed by atoms with Crippen LogP contribution in [0.25, 0.3) is 0 Å². The zero-order chi connectivity index (χ0) is 10.7.